The first-order valence-electron chi connectivity index (χ1n) is 9.22. The molecule has 6 nitrogen and oxygen atoms in total. The Hall–Kier alpha value is -2.37. The van der Waals surface area contributed by atoms with Crippen LogP contribution in [0, 0.1) is 19.8 Å². The molecule has 1 aliphatic rings. The number of ketones is 1. The summed E-state index contributed by atoms with van der Waals surface area (Å²) in [4.78, 5) is 17.8. The van der Waals surface area contributed by atoms with Crippen LogP contribution in [0.15, 0.2) is 35.2 Å². The van der Waals surface area contributed by atoms with E-state index in [9.17, 15) is 9.90 Å². The molecule has 2 rings (SSSR count). The van der Waals surface area contributed by atoms with E-state index in [1.807, 2.05) is 31.5 Å². The molecule has 0 radical (unpaired) electrons. The summed E-state index contributed by atoms with van der Waals surface area (Å²) in [5, 5.41) is 19.0. The number of allylic oxidation sites excluding steroid dienone is 2. The van der Waals surface area contributed by atoms with E-state index in [2.05, 4.69) is 16.8 Å². The molecule has 0 aromatic carbocycles. The van der Waals surface area contributed by atoms with Crippen LogP contribution < -0.4 is 0 Å². The van der Waals surface area contributed by atoms with E-state index in [-0.39, 0.29) is 24.1 Å². The third kappa shape index (κ3) is 5.07. The zero-order valence-corrected chi connectivity index (χ0v) is 16.0. The van der Waals surface area contributed by atoms with Crippen LogP contribution in [0.2, 0.25) is 0 Å². The van der Waals surface area contributed by atoms with E-state index >= 15 is 0 Å². The number of aliphatic hydroxyl groups excluding tert-OH is 1. The number of hydrogen-bond acceptors (Lipinski definition) is 5. The lowest BCUT2D eigenvalue weighted by atomic mass is 9.83. The molecule has 6 heteroatoms. The molecule has 0 bridgehead atoms. The fraction of sp³-hybridized carbons (Fsp3) is 0.550. The Labute approximate surface area is 155 Å². The standard InChI is InChI=1S/C20H29N3O3/c1-5-7-17(22-26-10-6-2)20-18(24)12-16(13-19(20)25)8-9-23-15(4)11-14(3)21-23/h6,11,16,24H,2,5,7-10,12-13H2,1,3-4H3/b22-17-. The minimum atomic E-state index is -0.0541. The number of aromatic nitrogens is 2. The van der Waals surface area contributed by atoms with Crippen LogP contribution in [-0.2, 0) is 16.2 Å². The average molecular weight is 359 g/mol. The lowest BCUT2D eigenvalue weighted by Gasteiger charge is -2.24. The summed E-state index contributed by atoms with van der Waals surface area (Å²) in [6, 6.07) is 2.04. The van der Waals surface area contributed by atoms with Gasteiger partial charge < -0.3 is 9.94 Å². The molecule has 142 valence electrons. The van der Waals surface area contributed by atoms with Gasteiger partial charge in [-0.15, -0.1) is 0 Å². The maximum Gasteiger partial charge on any atom is 0.168 e. The van der Waals surface area contributed by atoms with Crippen LogP contribution in [-0.4, -0.2) is 33.0 Å². The van der Waals surface area contributed by atoms with Crippen molar-refractivity contribution in [2.75, 3.05) is 6.61 Å². The molecule has 1 unspecified atom stereocenters. The first kappa shape index (κ1) is 19.9. The summed E-state index contributed by atoms with van der Waals surface area (Å²) in [7, 11) is 0. The van der Waals surface area contributed by atoms with Gasteiger partial charge in [0.1, 0.15) is 12.4 Å². The van der Waals surface area contributed by atoms with Crippen molar-refractivity contribution < 1.29 is 14.7 Å². The zero-order chi connectivity index (χ0) is 19.1. The van der Waals surface area contributed by atoms with Crippen molar-refractivity contribution in [3.63, 3.8) is 0 Å². The molecule has 0 fully saturated rings. The molecule has 0 saturated carbocycles. The highest BCUT2D eigenvalue weighted by Gasteiger charge is 2.30. The molecule has 0 aliphatic heterocycles. The van der Waals surface area contributed by atoms with Gasteiger partial charge in [0.25, 0.3) is 0 Å². The highest BCUT2D eigenvalue weighted by molar-refractivity contribution is 6.23. The van der Waals surface area contributed by atoms with E-state index in [4.69, 9.17) is 4.84 Å². The van der Waals surface area contributed by atoms with Crippen molar-refractivity contribution in [2.24, 2.45) is 11.1 Å². The number of aliphatic hydroxyl groups is 1. The Morgan fingerprint density at radius 2 is 2.27 bits per heavy atom. The minimum Gasteiger partial charge on any atom is -0.511 e. The topological polar surface area (TPSA) is 76.7 Å². The van der Waals surface area contributed by atoms with Crippen molar-refractivity contribution in [2.45, 2.75) is 59.4 Å². The summed E-state index contributed by atoms with van der Waals surface area (Å²) < 4.78 is 1.96. The fourth-order valence-corrected chi connectivity index (χ4v) is 3.33. The van der Waals surface area contributed by atoms with Crippen LogP contribution in [0.3, 0.4) is 0 Å². The predicted molar refractivity (Wildman–Crippen MR) is 102 cm³/mol. The molecule has 0 saturated heterocycles. The third-order valence-electron chi connectivity index (χ3n) is 4.52. The molecule has 1 atom stereocenters. The van der Waals surface area contributed by atoms with Crippen molar-refractivity contribution in [1.82, 2.24) is 9.78 Å². The third-order valence-corrected chi connectivity index (χ3v) is 4.52. The second-order valence-corrected chi connectivity index (χ2v) is 6.83. The largest absolute Gasteiger partial charge is 0.511 e. The molecule has 0 amide bonds. The molecular formula is C20H29N3O3. The van der Waals surface area contributed by atoms with Gasteiger partial charge in [-0.1, -0.05) is 31.2 Å². The van der Waals surface area contributed by atoms with E-state index < -0.39 is 0 Å². The summed E-state index contributed by atoms with van der Waals surface area (Å²) in [5.74, 6) is 0.197. The van der Waals surface area contributed by atoms with Crippen molar-refractivity contribution in [1.29, 1.82) is 0 Å². The Balaban J connectivity index is 2.07. The van der Waals surface area contributed by atoms with Crippen LogP contribution in [0.25, 0.3) is 0 Å². The van der Waals surface area contributed by atoms with Gasteiger partial charge in [0.05, 0.1) is 17.0 Å². The van der Waals surface area contributed by atoms with E-state index in [0.717, 1.165) is 30.8 Å². The maximum atomic E-state index is 12.6. The molecule has 1 aliphatic carbocycles. The van der Waals surface area contributed by atoms with Gasteiger partial charge >= 0.3 is 0 Å². The minimum absolute atomic E-state index is 0.0541. The van der Waals surface area contributed by atoms with Gasteiger partial charge in [-0.2, -0.15) is 5.10 Å². The Morgan fingerprint density at radius 3 is 2.85 bits per heavy atom. The van der Waals surface area contributed by atoms with E-state index in [1.54, 1.807) is 6.08 Å². The van der Waals surface area contributed by atoms with Crippen LogP contribution >= 0.6 is 0 Å². The van der Waals surface area contributed by atoms with Crippen LogP contribution in [0.1, 0.15) is 50.4 Å². The van der Waals surface area contributed by atoms with Crippen molar-refractivity contribution in [3.05, 3.63) is 41.4 Å². The number of carbonyl (C=O) groups excluding carboxylic acids is 1. The summed E-state index contributed by atoms with van der Waals surface area (Å²) >= 11 is 0. The molecule has 26 heavy (non-hydrogen) atoms. The molecule has 1 heterocycles. The first-order valence-corrected chi connectivity index (χ1v) is 9.22. The monoisotopic (exact) mass is 359 g/mol. The fourth-order valence-electron chi connectivity index (χ4n) is 3.33. The number of oxime groups is 1. The van der Waals surface area contributed by atoms with Gasteiger partial charge in [0.2, 0.25) is 0 Å². The van der Waals surface area contributed by atoms with Gasteiger partial charge in [-0.3, -0.25) is 9.48 Å². The highest BCUT2D eigenvalue weighted by atomic mass is 16.6. The smallest absolute Gasteiger partial charge is 0.168 e. The zero-order valence-electron chi connectivity index (χ0n) is 16.0. The molecule has 0 spiro atoms. The summed E-state index contributed by atoms with van der Waals surface area (Å²) in [6.45, 7) is 10.6. The maximum absolute atomic E-state index is 12.6. The second-order valence-electron chi connectivity index (χ2n) is 6.83. The van der Waals surface area contributed by atoms with Crippen LogP contribution in [0.5, 0.6) is 0 Å². The van der Waals surface area contributed by atoms with Gasteiger partial charge in [-0.05, 0) is 38.7 Å². The summed E-state index contributed by atoms with van der Waals surface area (Å²) in [5.41, 5.74) is 2.99. The van der Waals surface area contributed by atoms with Gasteiger partial charge in [-0.25, -0.2) is 0 Å². The lowest BCUT2D eigenvalue weighted by molar-refractivity contribution is -0.116. The first-order chi connectivity index (χ1) is 12.5. The number of aryl methyl sites for hydroxylation is 3. The summed E-state index contributed by atoms with van der Waals surface area (Å²) in [6.07, 6.45) is 4.73. The Kier molecular flexibility index (Phi) is 7.18. The number of hydrogen-bond donors (Lipinski definition) is 1. The Bertz CT molecular complexity index is 716. The van der Waals surface area contributed by atoms with Crippen molar-refractivity contribution >= 4 is 11.5 Å². The van der Waals surface area contributed by atoms with Gasteiger partial charge in [0.15, 0.2) is 5.78 Å². The average Bonchev–Trinajstić information content (AvgIpc) is 2.90. The molecule has 1 aromatic heterocycles. The lowest BCUT2D eigenvalue weighted by Crippen LogP contribution is -2.25. The Morgan fingerprint density at radius 1 is 1.50 bits per heavy atom. The SMILES string of the molecule is C=CCO/N=C(/CCC)C1=C(O)CC(CCn2nc(C)cc2C)CC1=O. The van der Waals surface area contributed by atoms with E-state index in [0.29, 0.717) is 30.5 Å². The van der Waals surface area contributed by atoms with E-state index in [1.165, 1.54) is 0 Å². The molecule has 1 aromatic rings. The second kappa shape index (κ2) is 9.36. The number of carbonyl (C=O) groups is 1. The van der Waals surface area contributed by atoms with Gasteiger partial charge in [0, 0.05) is 25.1 Å². The normalized spacial score (nSPS) is 18.3. The predicted octanol–water partition coefficient (Wildman–Crippen LogP) is 4.04. The molecular weight excluding hydrogens is 330 g/mol. The van der Waals surface area contributed by atoms with Crippen LogP contribution in [0.4, 0.5) is 0 Å². The number of Topliss-reactive ketones (excluding diaryl/α,β-unsaturated/α-hetero) is 1. The van der Waals surface area contributed by atoms with Crippen molar-refractivity contribution in [3.8, 4) is 0 Å². The number of rotatable bonds is 9. The number of nitrogens with zero attached hydrogens (tertiary/aromatic N) is 3. The quantitative estimate of drug-likeness (QED) is 0.312. The molecule has 1 N–H and O–H groups in total. The highest BCUT2D eigenvalue weighted by Crippen LogP contribution is 2.30.